The van der Waals surface area contributed by atoms with Gasteiger partial charge in [0.05, 0.1) is 18.6 Å². The molecule has 0 aliphatic heterocycles. The smallest absolute Gasteiger partial charge is 0.313 e. The van der Waals surface area contributed by atoms with Crippen LogP contribution in [0.4, 0.5) is 0 Å². The first-order valence-corrected chi connectivity index (χ1v) is 6.38. The second kappa shape index (κ2) is 5.70. The quantitative estimate of drug-likeness (QED) is 0.822. The minimum Gasteiger partial charge on any atom is -0.497 e. The van der Waals surface area contributed by atoms with Gasteiger partial charge in [-0.15, -0.1) is 5.10 Å². The minimum absolute atomic E-state index is 0.0877. The van der Waals surface area contributed by atoms with Crippen LogP contribution in [0.3, 0.4) is 0 Å². The van der Waals surface area contributed by atoms with Crippen molar-refractivity contribution in [3.8, 4) is 11.4 Å². The fourth-order valence-corrected chi connectivity index (χ4v) is 2.14. The van der Waals surface area contributed by atoms with Crippen molar-refractivity contribution in [1.29, 1.82) is 0 Å². The number of rotatable bonds is 5. The molecule has 0 aliphatic rings. The van der Waals surface area contributed by atoms with Crippen molar-refractivity contribution < 1.29 is 14.6 Å². The summed E-state index contributed by atoms with van der Waals surface area (Å²) in [5.74, 6) is -0.254. The van der Waals surface area contributed by atoms with E-state index >= 15 is 0 Å². The van der Waals surface area contributed by atoms with Crippen LogP contribution in [-0.4, -0.2) is 44.1 Å². The lowest BCUT2D eigenvalue weighted by Gasteiger charge is -2.08. The topological polar surface area (TPSA) is 90.1 Å². The third-order valence-corrected chi connectivity index (χ3v) is 3.30. The van der Waals surface area contributed by atoms with Crippen molar-refractivity contribution in [2.45, 2.75) is 12.1 Å². The Kier molecular flexibility index (Phi) is 4.00. The van der Waals surface area contributed by atoms with Gasteiger partial charge in [0, 0.05) is 0 Å². The van der Waals surface area contributed by atoms with Gasteiger partial charge in [0.1, 0.15) is 5.75 Å². The molecule has 2 aromatic rings. The van der Waals surface area contributed by atoms with Crippen LogP contribution in [0.1, 0.15) is 5.56 Å². The van der Waals surface area contributed by atoms with Crippen LogP contribution in [0.5, 0.6) is 5.75 Å². The maximum Gasteiger partial charge on any atom is 0.313 e. The fourth-order valence-electron chi connectivity index (χ4n) is 1.54. The van der Waals surface area contributed by atoms with Crippen LogP contribution in [0.2, 0.25) is 0 Å². The molecule has 0 aliphatic carbocycles. The Hall–Kier alpha value is -2.09. The molecule has 0 bridgehead atoms. The van der Waals surface area contributed by atoms with E-state index in [9.17, 15) is 4.79 Å². The molecule has 0 saturated carbocycles. The monoisotopic (exact) mass is 280 g/mol. The standard InChI is InChI=1S/C11H12N4O3S/c1-7-5-8(18-2)3-4-9(7)15-11(12-13-14-15)19-6-10(16)17/h3-5H,6H2,1-2H3,(H,16,17). The average molecular weight is 280 g/mol. The van der Waals surface area contributed by atoms with E-state index in [2.05, 4.69) is 15.5 Å². The molecule has 7 nitrogen and oxygen atoms in total. The summed E-state index contributed by atoms with van der Waals surface area (Å²) in [6.07, 6.45) is 0. The molecule has 2 rings (SSSR count). The number of methoxy groups -OCH3 is 1. The normalized spacial score (nSPS) is 10.4. The van der Waals surface area contributed by atoms with E-state index in [-0.39, 0.29) is 5.75 Å². The number of nitrogens with zero attached hydrogens (tertiary/aromatic N) is 4. The Labute approximate surface area is 113 Å². The molecule has 0 amide bonds. The number of aromatic nitrogens is 4. The molecule has 0 unspecified atom stereocenters. The van der Waals surface area contributed by atoms with Gasteiger partial charge in [0.2, 0.25) is 5.16 Å². The summed E-state index contributed by atoms with van der Waals surface area (Å²) in [6, 6.07) is 5.49. The minimum atomic E-state index is -0.911. The zero-order valence-corrected chi connectivity index (χ0v) is 11.2. The molecule has 0 fully saturated rings. The lowest BCUT2D eigenvalue weighted by Crippen LogP contribution is -2.04. The van der Waals surface area contributed by atoms with E-state index in [1.54, 1.807) is 13.2 Å². The Bertz CT molecular complexity index is 599. The third-order valence-electron chi connectivity index (χ3n) is 2.40. The Balaban J connectivity index is 2.31. The van der Waals surface area contributed by atoms with Crippen LogP contribution < -0.4 is 4.74 Å². The SMILES string of the molecule is COc1ccc(-n2nnnc2SCC(=O)O)c(C)c1. The van der Waals surface area contributed by atoms with E-state index in [0.29, 0.717) is 5.16 Å². The number of benzene rings is 1. The number of carboxylic acid groups (broad SMARTS) is 1. The lowest BCUT2D eigenvalue weighted by molar-refractivity contribution is -0.133. The largest absolute Gasteiger partial charge is 0.497 e. The second-order valence-electron chi connectivity index (χ2n) is 3.71. The van der Waals surface area contributed by atoms with E-state index < -0.39 is 5.97 Å². The second-order valence-corrected chi connectivity index (χ2v) is 4.65. The summed E-state index contributed by atoms with van der Waals surface area (Å²) in [5, 5.41) is 20.4. The number of carboxylic acids is 1. The summed E-state index contributed by atoms with van der Waals surface area (Å²) >= 11 is 1.07. The number of tetrazole rings is 1. The van der Waals surface area contributed by atoms with E-state index in [1.165, 1.54) is 4.68 Å². The first-order valence-electron chi connectivity index (χ1n) is 5.40. The van der Waals surface area contributed by atoms with E-state index in [0.717, 1.165) is 28.8 Å². The van der Waals surface area contributed by atoms with Gasteiger partial charge in [0.15, 0.2) is 0 Å². The summed E-state index contributed by atoms with van der Waals surface area (Å²) < 4.78 is 6.65. The maximum atomic E-state index is 10.6. The van der Waals surface area contributed by atoms with Gasteiger partial charge in [-0.05, 0) is 41.1 Å². The van der Waals surface area contributed by atoms with Crippen molar-refractivity contribution in [3.63, 3.8) is 0 Å². The molecule has 8 heteroatoms. The Morgan fingerprint density at radius 3 is 2.95 bits per heavy atom. The first-order chi connectivity index (χ1) is 9.11. The average Bonchev–Trinajstić information content (AvgIpc) is 2.84. The Morgan fingerprint density at radius 2 is 2.32 bits per heavy atom. The number of aryl methyl sites for hydroxylation is 1. The number of aliphatic carboxylic acids is 1. The summed E-state index contributed by atoms with van der Waals surface area (Å²) in [6.45, 7) is 1.91. The number of carbonyl (C=O) groups is 1. The molecular weight excluding hydrogens is 268 g/mol. The van der Waals surface area contributed by atoms with Crippen molar-refractivity contribution in [1.82, 2.24) is 20.2 Å². The van der Waals surface area contributed by atoms with Crippen molar-refractivity contribution in [2.75, 3.05) is 12.9 Å². The highest BCUT2D eigenvalue weighted by Crippen LogP contribution is 2.23. The van der Waals surface area contributed by atoms with Crippen LogP contribution in [0.15, 0.2) is 23.4 Å². The van der Waals surface area contributed by atoms with Gasteiger partial charge < -0.3 is 9.84 Å². The molecule has 1 aromatic heterocycles. The third kappa shape index (κ3) is 3.02. The van der Waals surface area contributed by atoms with E-state index in [4.69, 9.17) is 9.84 Å². The number of hydrogen-bond donors (Lipinski definition) is 1. The molecule has 1 N–H and O–H groups in total. The van der Waals surface area contributed by atoms with Crippen LogP contribution in [0.25, 0.3) is 5.69 Å². The van der Waals surface area contributed by atoms with Crippen LogP contribution in [0, 0.1) is 6.92 Å². The number of ether oxygens (including phenoxy) is 1. The molecule has 1 heterocycles. The number of hydrogen-bond acceptors (Lipinski definition) is 6. The zero-order valence-electron chi connectivity index (χ0n) is 10.4. The van der Waals surface area contributed by atoms with Gasteiger partial charge in [-0.3, -0.25) is 4.79 Å². The molecule has 100 valence electrons. The molecule has 0 radical (unpaired) electrons. The summed E-state index contributed by atoms with van der Waals surface area (Å²) in [7, 11) is 1.60. The summed E-state index contributed by atoms with van der Waals surface area (Å²) in [5.41, 5.74) is 1.72. The van der Waals surface area contributed by atoms with Crippen LogP contribution >= 0.6 is 11.8 Å². The molecular formula is C11H12N4O3S. The molecule has 19 heavy (non-hydrogen) atoms. The fraction of sp³-hybridized carbons (Fsp3) is 0.273. The highest BCUT2D eigenvalue weighted by Gasteiger charge is 2.12. The van der Waals surface area contributed by atoms with Gasteiger partial charge in [-0.2, -0.15) is 4.68 Å². The highest BCUT2D eigenvalue weighted by atomic mass is 32.2. The van der Waals surface area contributed by atoms with Crippen LogP contribution in [-0.2, 0) is 4.79 Å². The molecule has 0 atom stereocenters. The van der Waals surface area contributed by atoms with Crippen molar-refractivity contribution in [2.24, 2.45) is 0 Å². The van der Waals surface area contributed by atoms with Crippen molar-refractivity contribution >= 4 is 17.7 Å². The summed E-state index contributed by atoms with van der Waals surface area (Å²) in [4.78, 5) is 10.6. The maximum absolute atomic E-state index is 10.6. The first kappa shape index (κ1) is 13.3. The number of thioether (sulfide) groups is 1. The van der Waals surface area contributed by atoms with Gasteiger partial charge >= 0.3 is 5.97 Å². The van der Waals surface area contributed by atoms with Gasteiger partial charge in [-0.1, -0.05) is 11.8 Å². The lowest BCUT2D eigenvalue weighted by atomic mass is 10.2. The molecule has 0 saturated heterocycles. The van der Waals surface area contributed by atoms with E-state index in [1.807, 2.05) is 19.1 Å². The Morgan fingerprint density at radius 1 is 1.53 bits per heavy atom. The predicted octanol–water partition coefficient (Wildman–Crippen LogP) is 1.16. The van der Waals surface area contributed by atoms with Gasteiger partial charge in [-0.25, -0.2) is 0 Å². The molecule has 0 spiro atoms. The van der Waals surface area contributed by atoms with Gasteiger partial charge in [0.25, 0.3) is 0 Å². The predicted molar refractivity (Wildman–Crippen MR) is 68.8 cm³/mol. The zero-order chi connectivity index (χ0) is 13.8. The van der Waals surface area contributed by atoms with Crippen molar-refractivity contribution in [3.05, 3.63) is 23.8 Å². The highest BCUT2D eigenvalue weighted by molar-refractivity contribution is 7.99. The molecule has 1 aromatic carbocycles.